The second-order valence-electron chi connectivity index (χ2n) is 4.85. The van der Waals surface area contributed by atoms with Crippen LogP contribution in [-0.2, 0) is 0 Å². The van der Waals surface area contributed by atoms with E-state index in [1.807, 2.05) is 12.1 Å². The van der Waals surface area contributed by atoms with Gasteiger partial charge in [-0.15, -0.1) is 0 Å². The maximum absolute atomic E-state index is 10.2. The molecule has 1 aromatic heterocycles. The van der Waals surface area contributed by atoms with E-state index in [-0.39, 0.29) is 5.22 Å². The second-order valence-corrected chi connectivity index (χ2v) is 5.19. The first-order chi connectivity index (χ1) is 8.75. The molecule has 1 saturated carbocycles. The lowest BCUT2D eigenvalue weighted by atomic mass is 9.80. The molecule has 2 nitrogen and oxygen atoms in total. The van der Waals surface area contributed by atoms with Crippen LogP contribution >= 0.6 is 11.6 Å². The van der Waals surface area contributed by atoms with Crippen molar-refractivity contribution < 1.29 is 9.52 Å². The van der Waals surface area contributed by atoms with Gasteiger partial charge in [0, 0.05) is 5.56 Å². The summed E-state index contributed by atoms with van der Waals surface area (Å²) < 4.78 is 5.00. The maximum atomic E-state index is 10.2. The van der Waals surface area contributed by atoms with Gasteiger partial charge in [-0.1, -0.05) is 30.7 Å². The van der Waals surface area contributed by atoms with Crippen LogP contribution in [0.25, 0.3) is 0 Å². The van der Waals surface area contributed by atoms with Crippen molar-refractivity contribution in [2.45, 2.75) is 31.3 Å². The maximum Gasteiger partial charge on any atom is 0.199 e. The van der Waals surface area contributed by atoms with Gasteiger partial charge in [-0.2, -0.15) is 0 Å². The number of halogens is 1. The topological polar surface area (TPSA) is 33.4 Å². The highest BCUT2D eigenvalue weighted by Gasteiger charge is 2.20. The number of aliphatic hydroxyl groups excluding tert-OH is 1. The molecule has 0 spiro atoms. The second kappa shape index (κ2) is 4.79. The van der Waals surface area contributed by atoms with Crippen molar-refractivity contribution in [1.82, 2.24) is 0 Å². The van der Waals surface area contributed by atoms with E-state index in [1.54, 1.807) is 6.07 Å². The average Bonchev–Trinajstić information content (AvgIpc) is 2.73. The molecular weight excluding hydrogens is 248 g/mol. The molecule has 0 bridgehead atoms. The van der Waals surface area contributed by atoms with E-state index in [9.17, 15) is 5.11 Å². The summed E-state index contributed by atoms with van der Waals surface area (Å²) in [4.78, 5) is 0. The minimum absolute atomic E-state index is 0.255. The lowest BCUT2D eigenvalue weighted by molar-refractivity contribution is 0.219. The molecule has 0 saturated heterocycles. The Kier molecular flexibility index (Phi) is 3.14. The largest absolute Gasteiger partial charge is 0.453 e. The third kappa shape index (κ3) is 2.06. The summed E-state index contributed by atoms with van der Waals surface area (Å²) in [6, 6.07) is 9.86. The zero-order valence-electron chi connectivity index (χ0n) is 9.97. The van der Waals surface area contributed by atoms with Crippen molar-refractivity contribution in [3.8, 4) is 0 Å². The minimum atomic E-state index is -0.716. The molecule has 1 atom stereocenters. The Bertz CT molecular complexity index is 526. The molecule has 18 heavy (non-hydrogen) atoms. The van der Waals surface area contributed by atoms with E-state index in [1.165, 1.54) is 31.1 Å². The van der Waals surface area contributed by atoms with Crippen molar-refractivity contribution in [3.63, 3.8) is 0 Å². The van der Waals surface area contributed by atoms with E-state index >= 15 is 0 Å². The Morgan fingerprint density at radius 3 is 2.39 bits per heavy atom. The Labute approximate surface area is 111 Å². The van der Waals surface area contributed by atoms with Crippen LogP contribution in [0.1, 0.15) is 48.0 Å². The predicted octanol–water partition coefficient (Wildman–Crippen LogP) is 4.28. The molecule has 3 heteroatoms. The van der Waals surface area contributed by atoms with Gasteiger partial charge in [0.25, 0.3) is 0 Å². The number of hydrogen-bond donors (Lipinski definition) is 1. The molecule has 1 unspecified atom stereocenters. The lowest BCUT2D eigenvalue weighted by Crippen LogP contribution is -2.08. The van der Waals surface area contributed by atoms with Gasteiger partial charge >= 0.3 is 0 Å². The van der Waals surface area contributed by atoms with Gasteiger partial charge in [-0.25, -0.2) is 0 Å². The quantitative estimate of drug-likeness (QED) is 0.896. The van der Waals surface area contributed by atoms with Crippen LogP contribution in [0.3, 0.4) is 0 Å². The van der Waals surface area contributed by atoms with Crippen molar-refractivity contribution in [2.24, 2.45) is 0 Å². The Morgan fingerprint density at radius 2 is 1.89 bits per heavy atom. The first-order valence-electron chi connectivity index (χ1n) is 6.26. The molecule has 1 aliphatic carbocycles. The summed E-state index contributed by atoms with van der Waals surface area (Å²) >= 11 is 5.87. The highest BCUT2D eigenvalue weighted by atomic mass is 35.5. The molecule has 94 valence electrons. The molecule has 1 N–H and O–H groups in total. The van der Waals surface area contributed by atoms with Crippen LogP contribution in [-0.4, -0.2) is 5.11 Å². The summed E-state index contributed by atoms with van der Waals surface area (Å²) in [7, 11) is 0. The number of benzene rings is 1. The van der Waals surface area contributed by atoms with Gasteiger partial charge < -0.3 is 9.52 Å². The van der Waals surface area contributed by atoms with E-state index in [0.717, 1.165) is 5.56 Å². The smallest absolute Gasteiger partial charge is 0.199 e. The van der Waals surface area contributed by atoms with Crippen molar-refractivity contribution in [1.29, 1.82) is 0 Å². The van der Waals surface area contributed by atoms with E-state index < -0.39 is 6.10 Å². The predicted molar refractivity (Wildman–Crippen MR) is 70.8 cm³/mol. The molecule has 0 amide bonds. The van der Waals surface area contributed by atoms with E-state index in [4.69, 9.17) is 16.0 Å². The number of furan rings is 1. The normalized spacial score (nSPS) is 17.4. The van der Waals surface area contributed by atoms with Gasteiger partial charge in [0.05, 0.1) is 6.26 Å². The first kappa shape index (κ1) is 11.8. The summed E-state index contributed by atoms with van der Waals surface area (Å²) in [5.74, 6) is 0.716. The number of hydrogen-bond acceptors (Lipinski definition) is 2. The van der Waals surface area contributed by atoms with E-state index in [0.29, 0.717) is 11.5 Å². The standard InChI is InChI=1S/C15H15ClO2/c16-15-13(8-9-18-15)14(17)12-6-4-11(5-7-12)10-2-1-3-10/h4-10,14,17H,1-3H2. The highest BCUT2D eigenvalue weighted by Crippen LogP contribution is 2.37. The third-order valence-corrected chi connectivity index (χ3v) is 4.08. The summed E-state index contributed by atoms with van der Waals surface area (Å²) in [6.45, 7) is 0. The molecule has 2 aromatic rings. The summed E-state index contributed by atoms with van der Waals surface area (Å²) in [5.41, 5.74) is 2.84. The van der Waals surface area contributed by atoms with E-state index in [2.05, 4.69) is 12.1 Å². The summed E-state index contributed by atoms with van der Waals surface area (Å²) in [5, 5.41) is 10.5. The lowest BCUT2D eigenvalue weighted by Gasteiger charge is -2.26. The van der Waals surface area contributed by atoms with Crippen LogP contribution in [0.5, 0.6) is 0 Å². The van der Waals surface area contributed by atoms with Crippen molar-refractivity contribution in [3.05, 3.63) is 58.5 Å². The van der Waals surface area contributed by atoms with Gasteiger partial charge in [0.15, 0.2) is 5.22 Å². The fourth-order valence-electron chi connectivity index (χ4n) is 2.37. The zero-order chi connectivity index (χ0) is 12.5. The fraction of sp³-hybridized carbons (Fsp3) is 0.333. The zero-order valence-corrected chi connectivity index (χ0v) is 10.7. The number of aliphatic hydroxyl groups is 1. The fourth-order valence-corrected chi connectivity index (χ4v) is 2.59. The monoisotopic (exact) mass is 262 g/mol. The molecule has 1 aromatic carbocycles. The Hall–Kier alpha value is -1.25. The third-order valence-electron chi connectivity index (χ3n) is 3.77. The van der Waals surface area contributed by atoms with Gasteiger partial charge in [-0.3, -0.25) is 0 Å². The van der Waals surface area contributed by atoms with Crippen LogP contribution in [0, 0.1) is 0 Å². The molecule has 1 heterocycles. The molecule has 1 aliphatic rings. The minimum Gasteiger partial charge on any atom is -0.453 e. The van der Waals surface area contributed by atoms with Crippen molar-refractivity contribution >= 4 is 11.6 Å². The van der Waals surface area contributed by atoms with Gasteiger partial charge in [-0.05, 0) is 47.6 Å². The van der Waals surface area contributed by atoms with Crippen LogP contribution in [0.15, 0.2) is 41.0 Å². The highest BCUT2D eigenvalue weighted by molar-refractivity contribution is 6.29. The molecule has 3 rings (SSSR count). The molecule has 1 fully saturated rings. The van der Waals surface area contributed by atoms with Crippen molar-refractivity contribution in [2.75, 3.05) is 0 Å². The molecule has 0 radical (unpaired) electrons. The van der Waals surface area contributed by atoms with Crippen LogP contribution in [0.4, 0.5) is 0 Å². The van der Waals surface area contributed by atoms with Crippen LogP contribution < -0.4 is 0 Å². The van der Waals surface area contributed by atoms with Gasteiger partial charge in [0.1, 0.15) is 6.10 Å². The number of rotatable bonds is 3. The average molecular weight is 263 g/mol. The molecular formula is C15H15ClO2. The SMILES string of the molecule is OC(c1ccc(C2CCC2)cc1)c1ccoc1Cl. The van der Waals surface area contributed by atoms with Crippen LogP contribution in [0.2, 0.25) is 5.22 Å². The Balaban J connectivity index is 1.82. The first-order valence-corrected chi connectivity index (χ1v) is 6.64. The molecule has 0 aliphatic heterocycles. The summed E-state index contributed by atoms with van der Waals surface area (Å²) in [6.07, 6.45) is 4.68. The Morgan fingerprint density at radius 1 is 1.17 bits per heavy atom. The van der Waals surface area contributed by atoms with Gasteiger partial charge in [0.2, 0.25) is 0 Å².